The highest BCUT2D eigenvalue weighted by atomic mass is 19.3. The smallest absolute Gasteiger partial charge is 0.295 e. The maximum Gasteiger partial charge on any atom is 0.295 e. The van der Waals surface area contributed by atoms with E-state index in [0.29, 0.717) is 35.8 Å². The largest absolute Gasteiger partial charge is 0.366 e. The summed E-state index contributed by atoms with van der Waals surface area (Å²) < 4.78 is 24.8. The van der Waals surface area contributed by atoms with E-state index < -0.39 is 24.8 Å². The molecule has 1 aliphatic rings. The van der Waals surface area contributed by atoms with Crippen LogP contribution in [0.2, 0.25) is 0 Å². The lowest BCUT2D eigenvalue weighted by atomic mass is 9.98. The molecule has 0 unspecified atom stereocenters. The van der Waals surface area contributed by atoms with Crippen LogP contribution in [0.5, 0.6) is 0 Å². The van der Waals surface area contributed by atoms with E-state index in [2.05, 4.69) is 16.9 Å². The average molecular weight is 366 g/mol. The monoisotopic (exact) mass is 366 g/mol. The van der Waals surface area contributed by atoms with Gasteiger partial charge in [0.2, 0.25) is 0 Å². The molecule has 9 heteroatoms. The molecule has 26 heavy (non-hydrogen) atoms. The van der Waals surface area contributed by atoms with E-state index in [4.69, 9.17) is 0 Å². The van der Waals surface area contributed by atoms with Gasteiger partial charge in [-0.25, -0.2) is 18.8 Å². The second-order valence-corrected chi connectivity index (χ2v) is 5.66. The maximum atomic E-state index is 12.4. The van der Waals surface area contributed by atoms with Crippen molar-refractivity contribution < 1.29 is 23.6 Å². The molecule has 0 saturated heterocycles. The Morgan fingerprint density at radius 1 is 1.54 bits per heavy atom. The SMILES string of the molecule is C=CCCN1CC=C(C(=O)NCC(F)F)c2cc(C(=O)N(C)O)ncc21. The molecule has 0 atom stereocenters. The Morgan fingerprint density at radius 2 is 2.27 bits per heavy atom. The number of halogens is 2. The van der Waals surface area contributed by atoms with Crippen LogP contribution in [0.1, 0.15) is 22.5 Å². The minimum atomic E-state index is -2.66. The summed E-state index contributed by atoms with van der Waals surface area (Å²) in [5.41, 5.74) is 1.13. The van der Waals surface area contributed by atoms with Crippen LogP contribution in [-0.2, 0) is 4.79 Å². The van der Waals surface area contributed by atoms with Crippen LogP contribution in [0.25, 0.3) is 5.57 Å². The van der Waals surface area contributed by atoms with E-state index in [0.717, 1.165) is 7.05 Å². The van der Waals surface area contributed by atoms with Crippen LogP contribution in [0, 0.1) is 0 Å². The average Bonchev–Trinajstić information content (AvgIpc) is 2.62. The van der Waals surface area contributed by atoms with Gasteiger partial charge >= 0.3 is 0 Å². The first-order valence-corrected chi connectivity index (χ1v) is 7.94. The highest BCUT2D eigenvalue weighted by Gasteiger charge is 2.26. The second kappa shape index (κ2) is 8.52. The van der Waals surface area contributed by atoms with Gasteiger partial charge in [-0.3, -0.25) is 14.8 Å². The molecule has 1 aromatic rings. The van der Waals surface area contributed by atoms with Crippen molar-refractivity contribution in [3.63, 3.8) is 0 Å². The number of hydrogen-bond acceptors (Lipinski definition) is 5. The lowest BCUT2D eigenvalue weighted by Crippen LogP contribution is -2.34. The van der Waals surface area contributed by atoms with Crippen LogP contribution in [0.3, 0.4) is 0 Å². The lowest BCUT2D eigenvalue weighted by Gasteiger charge is -2.30. The van der Waals surface area contributed by atoms with Gasteiger partial charge in [-0.2, -0.15) is 0 Å². The number of anilines is 1. The van der Waals surface area contributed by atoms with Gasteiger partial charge in [0.05, 0.1) is 18.4 Å². The summed E-state index contributed by atoms with van der Waals surface area (Å²) in [6.07, 6.45) is 2.83. The molecule has 2 amide bonds. The van der Waals surface area contributed by atoms with Crippen molar-refractivity contribution in [1.29, 1.82) is 0 Å². The predicted octanol–water partition coefficient (Wildman–Crippen LogP) is 1.70. The van der Waals surface area contributed by atoms with Crippen LogP contribution in [0.15, 0.2) is 31.0 Å². The first kappa shape index (κ1) is 19.5. The van der Waals surface area contributed by atoms with Crippen molar-refractivity contribution in [2.24, 2.45) is 0 Å². The number of nitrogens with one attached hydrogen (secondary N) is 1. The number of hydrogen-bond donors (Lipinski definition) is 2. The Hall–Kier alpha value is -2.81. The zero-order chi connectivity index (χ0) is 19.3. The van der Waals surface area contributed by atoms with Crippen LogP contribution in [-0.4, -0.2) is 60.2 Å². The van der Waals surface area contributed by atoms with Crippen molar-refractivity contribution in [3.8, 4) is 0 Å². The Morgan fingerprint density at radius 3 is 2.88 bits per heavy atom. The van der Waals surface area contributed by atoms with Gasteiger partial charge < -0.3 is 10.2 Å². The molecule has 0 fully saturated rings. The standard InChI is InChI=1S/C17H20F2N4O3/c1-3-4-6-23-7-5-11(16(24)21-10-15(18)19)12-8-13(17(25)22(2)26)20-9-14(12)23/h3,5,8-9,15,26H,1,4,6-7,10H2,2H3,(H,21,24). The van der Waals surface area contributed by atoms with Gasteiger partial charge in [-0.05, 0) is 12.5 Å². The quantitative estimate of drug-likeness (QED) is 0.436. The summed E-state index contributed by atoms with van der Waals surface area (Å²) in [4.78, 5) is 30.2. The fourth-order valence-corrected chi connectivity index (χ4v) is 2.55. The number of carbonyl (C=O) groups excluding carboxylic acids is 2. The molecule has 2 heterocycles. The Kier molecular flexibility index (Phi) is 6.40. The van der Waals surface area contributed by atoms with Crippen LogP contribution >= 0.6 is 0 Å². The third-order valence-electron chi connectivity index (χ3n) is 3.81. The number of pyridine rings is 1. The highest BCUT2D eigenvalue weighted by Crippen LogP contribution is 2.32. The summed E-state index contributed by atoms with van der Waals surface area (Å²) in [5, 5.41) is 11.9. The van der Waals surface area contributed by atoms with Crippen molar-refractivity contribution in [2.45, 2.75) is 12.8 Å². The highest BCUT2D eigenvalue weighted by molar-refractivity contribution is 6.22. The normalized spacial score (nSPS) is 13.1. The molecule has 0 spiro atoms. The summed E-state index contributed by atoms with van der Waals surface area (Å²) >= 11 is 0. The Balaban J connectivity index is 2.39. The molecule has 1 aliphatic heterocycles. The van der Waals surface area contributed by atoms with E-state index in [1.807, 2.05) is 4.90 Å². The van der Waals surface area contributed by atoms with Crippen molar-refractivity contribution in [1.82, 2.24) is 15.4 Å². The van der Waals surface area contributed by atoms with E-state index in [-0.39, 0.29) is 11.3 Å². The van der Waals surface area contributed by atoms with E-state index >= 15 is 0 Å². The number of carbonyl (C=O) groups is 2. The number of fused-ring (bicyclic) bond motifs is 1. The van der Waals surface area contributed by atoms with Gasteiger partial charge in [0, 0.05) is 31.3 Å². The molecule has 0 aliphatic carbocycles. The summed E-state index contributed by atoms with van der Waals surface area (Å²) in [6.45, 7) is 3.92. The molecule has 0 aromatic carbocycles. The van der Waals surface area contributed by atoms with Gasteiger partial charge in [0.1, 0.15) is 5.69 Å². The Bertz CT molecular complexity index is 735. The van der Waals surface area contributed by atoms with Gasteiger partial charge in [0.25, 0.3) is 18.2 Å². The number of rotatable bonds is 7. The molecule has 0 radical (unpaired) electrons. The summed E-state index contributed by atoms with van der Waals surface area (Å²) in [5.74, 6) is -1.40. The van der Waals surface area contributed by atoms with Gasteiger partial charge in [-0.15, -0.1) is 6.58 Å². The number of alkyl halides is 2. The minimum Gasteiger partial charge on any atom is -0.366 e. The van der Waals surface area contributed by atoms with Gasteiger partial charge in [0.15, 0.2) is 0 Å². The predicted molar refractivity (Wildman–Crippen MR) is 92.1 cm³/mol. The Labute approximate surface area is 149 Å². The fraction of sp³-hybridized carbons (Fsp3) is 0.353. The number of hydroxylamine groups is 2. The molecule has 1 aromatic heterocycles. The molecule has 7 nitrogen and oxygen atoms in total. The van der Waals surface area contributed by atoms with Crippen molar-refractivity contribution in [3.05, 3.63) is 42.3 Å². The molecular formula is C17H20F2N4O3. The van der Waals surface area contributed by atoms with Crippen molar-refractivity contribution in [2.75, 3.05) is 31.6 Å². The molecule has 2 N–H and O–H groups in total. The minimum absolute atomic E-state index is 0.0631. The third kappa shape index (κ3) is 4.42. The summed E-state index contributed by atoms with van der Waals surface area (Å²) in [7, 11) is 1.16. The molecule has 140 valence electrons. The first-order valence-electron chi connectivity index (χ1n) is 7.94. The number of aromatic nitrogens is 1. The maximum absolute atomic E-state index is 12.4. The van der Waals surface area contributed by atoms with E-state index in [1.54, 1.807) is 12.2 Å². The number of amides is 2. The molecular weight excluding hydrogens is 346 g/mol. The zero-order valence-electron chi connectivity index (χ0n) is 14.3. The summed E-state index contributed by atoms with van der Waals surface area (Å²) in [6, 6.07) is 1.37. The number of nitrogens with zero attached hydrogens (tertiary/aromatic N) is 3. The van der Waals surface area contributed by atoms with Gasteiger partial charge in [-0.1, -0.05) is 12.2 Å². The molecule has 0 saturated carbocycles. The van der Waals surface area contributed by atoms with E-state index in [9.17, 15) is 23.6 Å². The lowest BCUT2D eigenvalue weighted by molar-refractivity contribution is -0.116. The van der Waals surface area contributed by atoms with Crippen LogP contribution in [0.4, 0.5) is 14.5 Å². The topological polar surface area (TPSA) is 85.8 Å². The molecule has 2 rings (SSSR count). The fourth-order valence-electron chi connectivity index (χ4n) is 2.55. The third-order valence-corrected chi connectivity index (χ3v) is 3.81. The van der Waals surface area contributed by atoms with Crippen LogP contribution < -0.4 is 10.2 Å². The van der Waals surface area contributed by atoms with E-state index in [1.165, 1.54) is 12.3 Å². The second-order valence-electron chi connectivity index (χ2n) is 5.66. The van der Waals surface area contributed by atoms with Crippen molar-refractivity contribution >= 4 is 23.1 Å². The first-order chi connectivity index (χ1) is 12.3. The zero-order valence-corrected chi connectivity index (χ0v) is 14.3. The molecule has 0 bridgehead atoms.